The number of aromatic hydroxyl groups is 1. The van der Waals surface area contributed by atoms with E-state index in [1.807, 2.05) is 67.6 Å². The van der Waals surface area contributed by atoms with E-state index in [-0.39, 0.29) is 11.5 Å². The summed E-state index contributed by atoms with van der Waals surface area (Å²) < 4.78 is 0. The molecule has 0 aliphatic heterocycles. The first-order valence-corrected chi connectivity index (χ1v) is 9.89. The minimum absolute atomic E-state index is 0.00464. The second kappa shape index (κ2) is 8.62. The van der Waals surface area contributed by atoms with E-state index in [0.717, 1.165) is 27.8 Å². The van der Waals surface area contributed by atoms with Crippen LogP contribution in [-0.2, 0) is 0 Å². The summed E-state index contributed by atoms with van der Waals surface area (Å²) in [7, 11) is 0. The number of hydrogen-bond donors (Lipinski definition) is 1. The van der Waals surface area contributed by atoms with Gasteiger partial charge in [0.2, 0.25) is 0 Å². The molecule has 0 fully saturated rings. The molecule has 0 aliphatic rings. The van der Waals surface area contributed by atoms with E-state index in [1.54, 1.807) is 18.2 Å². The Bertz CT molecular complexity index is 1150. The van der Waals surface area contributed by atoms with E-state index < -0.39 is 0 Å². The van der Waals surface area contributed by atoms with Gasteiger partial charge < -0.3 is 5.11 Å². The van der Waals surface area contributed by atoms with Gasteiger partial charge in [-0.15, -0.1) is 0 Å². The summed E-state index contributed by atoms with van der Waals surface area (Å²) in [6.45, 7) is 1.90. The fourth-order valence-electron chi connectivity index (χ4n) is 3.45. The number of ketones is 1. The molecular formula is C28H22O2. The van der Waals surface area contributed by atoms with Gasteiger partial charge in [-0.25, -0.2) is 0 Å². The van der Waals surface area contributed by atoms with Crippen LogP contribution in [0.3, 0.4) is 0 Å². The van der Waals surface area contributed by atoms with E-state index in [2.05, 4.69) is 30.3 Å². The number of carbonyl (C=O) groups excluding carboxylic acids is 1. The van der Waals surface area contributed by atoms with Gasteiger partial charge in [0.15, 0.2) is 5.78 Å². The minimum Gasteiger partial charge on any atom is -0.507 e. The average molecular weight is 390 g/mol. The van der Waals surface area contributed by atoms with Gasteiger partial charge in [0.1, 0.15) is 5.75 Å². The first kappa shape index (κ1) is 19.4. The first-order valence-electron chi connectivity index (χ1n) is 9.89. The van der Waals surface area contributed by atoms with Crippen LogP contribution in [0.1, 0.15) is 38.2 Å². The van der Waals surface area contributed by atoms with Gasteiger partial charge in [-0.3, -0.25) is 4.79 Å². The lowest BCUT2D eigenvalue weighted by Gasteiger charge is -2.09. The Kier molecular flexibility index (Phi) is 5.58. The second-order valence-corrected chi connectivity index (χ2v) is 7.26. The van der Waals surface area contributed by atoms with Crippen LogP contribution in [0.5, 0.6) is 5.75 Å². The van der Waals surface area contributed by atoms with Gasteiger partial charge in [0, 0.05) is 5.56 Å². The maximum absolute atomic E-state index is 12.8. The molecule has 4 aromatic rings. The van der Waals surface area contributed by atoms with Crippen LogP contribution < -0.4 is 0 Å². The summed E-state index contributed by atoms with van der Waals surface area (Å²) >= 11 is 0. The van der Waals surface area contributed by atoms with Crippen LogP contribution >= 0.6 is 0 Å². The largest absolute Gasteiger partial charge is 0.507 e. The van der Waals surface area contributed by atoms with E-state index in [4.69, 9.17) is 0 Å². The van der Waals surface area contributed by atoms with Gasteiger partial charge in [-0.05, 0) is 47.4 Å². The van der Waals surface area contributed by atoms with Gasteiger partial charge in [-0.1, -0.05) is 96.6 Å². The van der Waals surface area contributed by atoms with Crippen molar-refractivity contribution in [2.45, 2.75) is 6.92 Å². The fourth-order valence-corrected chi connectivity index (χ4v) is 3.45. The fraction of sp³-hybridized carbons (Fsp3) is 0.0357. The Morgan fingerprint density at radius 2 is 1.27 bits per heavy atom. The van der Waals surface area contributed by atoms with Crippen LogP contribution in [0.15, 0.2) is 103 Å². The zero-order chi connectivity index (χ0) is 20.9. The summed E-state index contributed by atoms with van der Waals surface area (Å²) in [5.74, 6) is -0.178. The van der Waals surface area contributed by atoms with Crippen molar-refractivity contribution in [1.82, 2.24) is 0 Å². The van der Waals surface area contributed by atoms with Crippen molar-refractivity contribution in [3.05, 3.63) is 137 Å². The minimum atomic E-state index is -0.182. The van der Waals surface area contributed by atoms with E-state index in [1.165, 1.54) is 0 Å². The lowest BCUT2D eigenvalue weighted by molar-refractivity contribution is 0.103. The Morgan fingerprint density at radius 1 is 0.700 bits per heavy atom. The summed E-state index contributed by atoms with van der Waals surface area (Å²) in [4.78, 5) is 12.8. The number of carbonyl (C=O) groups is 1. The number of phenolic OH excluding ortho intramolecular Hbond substituents is 1. The lowest BCUT2D eigenvalue weighted by Crippen LogP contribution is -2.02. The van der Waals surface area contributed by atoms with Gasteiger partial charge in [-0.2, -0.15) is 0 Å². The van der Waals surface area contributed by atoms with E-state index in [9.17, 15) is 9.90 Å². The number of benzene rings is 4. The van der Waals surface area contributed by atoms with Crippen molar-refractivity contribution >= 4 is 17.4 Å². The molecule has 0 saturated carbocycles. The quantitative estimate of drug-likeness (QED) is 0.311. The molecule has 4 rings (SSSR count). The van der Waals surface area contributed by atoms with Crippen molar-refractivity contribution in [2.75, 3.05) is 0 Å². The standard InChI is InChI=1S/C28H22O2/c1-20-12-17-27(29)26(18-20)28(30)24-15-13-21(14-16-24)19-25(22-8-4-2-5-9-22)23-10-6-3-7-11-23/h2-19,29H,1H3. The summed E-state index contributed by atoms with van der Waals surface area (Å²) in [5.41, 5.74) is 6.20. The SMILES string of the molecule is Cc1ccc(O)c(C(=O)c2ccc(C=C(c3ccccc3)c3ccccc3)cc2)c1. The smallest absolute Gasteiger partial charge is 0.196 e. The predicted octanol–water partition coefficient (Wildman–Crippen LogP) is 6.52. The molecule has 0 unspecified atom stereocenters. The lowest BCUT2D eigenvalue weighted by atomic mass is 9.95. The zero-order valence-corrected chi connectivity index (χ0v) is 16.7. The molecule has 1 N–H and O–H groups in total. The van der Waals surface area contributed by atoms with Crippen molar-refractivity contribution in [2.24, 2.45) is 0 Å². The highest BCUT2D eigenvalue weighted by atomic mass is 16.3. The molecule has 4 aromatic carbocycles. The van der Waals surface area contributed by atoms with Crippen LogP contribution in [0, 0.1) is 6.92 Å². The number of hydrogen-bond acceptors (Lipinski definition) is 2. The van der Waals surface area contributed by atoms with Crippen molar-refractivity contribution in [1.29, 1.82) is 0 Å². The third-order valence-electron chi connectivity index (χ3n) is 5.05. The van der Waals surface area contributed by atoms with Crippen LogP contribution in [0.2, 0.25) is 0 Å². The molecule has 146 valence electrons. The molecule has 0 atom stereocenters. The third-order valence-corrected chi connectivity index (χ3v) is 5.05. The maximum Gasteiger partial charge on any atom is 0.196 e. The second-order valence-electron chi connectivity index (χ2n) is 7.26. The predicted molar refractivity (Wildman–Crippen MR) is 123 cm³/mol. The zero-order valence-electron chi connectivity index (χ0n) is 16.7. The molecule has 0 spiro atoms. The topological polar surface area (TPSA) is 37.3 Å². The number of rotatable bonds is 5. The molecule has 0 heterocycles. The molecule has 0 aromatic heterocycles. The molecule has 30 heavy (non-hydrogen) atoms. The molecule has 0 bridgehead atoms. The molecule has 2 nitrogen and oxygen atoms in total. The monoisotopic (exact) mass is 390 g/mol. The van der Waals surface area contributed by atoms with Crippen molar-refractivity contribution in [3.63, 3.8) is 0 Å². The van der Waals surface area contributed by atoms with Gasteiger partial charge in [0.25, 0.3) is 0 Å². The molecule has 0 radical (unpaired) electrons. The number of phenols is 1. The Labute approximate surface area is 176 Å². The normalized spacial score (nSPS) is 10.4. The summed E-state index contributed by atoms with van der Waals surface area (Å²) in [6.07, 6.45) is 2.13. The Morgan fingerprint density at radius 3 is 1.83 bits per heavy atom. The highest BCUT2D eigenvalue weighted by Gasteiger charge is 2.14. The van der Waals surface area contributed by atoms with Crippen molar-refractivity contribution in [3.8, 4) is 5.75 Å². The maximum atomic E-state index is 12.8. The molecular weight excluding hydrogens is 368 g/mol. The summed E-state index contributed by atoms with van der Waals surface area (Å²) in [5, 5.41) is 10.1. The van der Waals surface area contributed by atoms with Crippen molar-refractivity contribution < 1.29 is 9.90 Å². The molecule has 2 heteroatoms. The van der Waals surface area contributed by atoms with Gasteiger partial charge in [0.05, 0.1) is 5.56 Å². The highest BCUT2D eigenvalue weighted by molar-refractivity contribution is 6.10. The first-order chi connectivity index (χ1) is 14.6. The summed E-state index contributed by atoms with van der Waals surface area (Å²) in [6, 6.07) is 33.1. The highest BCUT2D eigenvalue weighted by Crippen LogP contribution is 2.27. The van der Waals surface area contributed by atoms with Gasteiger partial charge >= 0.3 is 0 Å². The third kappa shape index (κ3) is 4.23. The average Bonchev–Trinajstić information content (AvgIpc) is 2.80. The molecule has 0 amide bonds. The number of aryl methyl sites for hydroxylation is 1. The van der Waals surface area contributed by atoms with E-state index in [0.29, 0.717) is 11.1 Å². The van der Waals surface area contributed by atoms with E-state index >= 15 is 0 Å². The molecule has 0 aliphatic carbocycles. The van der Waals surface area contributed by atoms with Crippen LogP contribution in [-0.4, -0.2) is 10.9 Å². The van der Waals surface area contributed by atoms with Crippen LogP contribution in [0.4, 0.5) is 0 Å². The Hall–Kier alpha value is -3.91. The van der Waals surface area contributed by atoms with Crippen LogP contribution in [0.25, 0.3) is 11.6 Å². The Balaban J connectivity index is 1.69. The molecule has 0 saturated heterocycles.